The average molecular weight is 301 g/mol. The van der Waals surface area contributed by atoms with Gasteiger partial charge in [-0.25, -0.2) is 5.06 Å². The highest BCUT2D eigenvalue weighted by Crippen LogP contribution is 2.27. The number of aromatic nitrogens is 2. The molecule has 1 heterocycles. The number of rotatable bonds is 5. The Labute approximate surface area is 116 Å². The Balaban J connectivity index is 2.14. The van der Waals surface area contributed by atoms with Crippen molar-refractivity contribution in [3.05, 3.63) is 22.7 Å². The molecule has 0 radical (unpaired) electrons. The number of hydrogen-bond donors (Lipinski definition) is 2. The van der Waals surface area contributed by atoms with Crippen molar-refractivity contribution in [2.75, 3.05) is 13.1 Å². The SMILES string of the molecule is O=CN(O)CCNC(=O)c1c(Cl)ccc2nnsc12. The van der Waals surface area contributed by atoms with Crippen LogP contribution in [0.5, 0.6) is 0 Å². The largest absolute Gasteiger partial charge is 0.350 e. The lowest BCUT2D eigenvalue weighted by Crippen LogP contribution is -2.32. The minimum Gasteiger partial charge on any atom is -0.350 e. The number of fused-ring (bicyclic) bond motifs is 1. The van der Waals surface area contributed by atoms with Crippen LogP contribution in [-0.2, 0) is 4.79 Å². The lowest BCUT2D eigenvalue weighted by atomic mass is 10.2. The molecule has 0 unspecified atom stereocenters. The molecule has 0 aliphatic heterocycles. The van der Waals surface area contributed by atoms with Gasteiger partial charge in [0.15, 0.2) is 0 Å². The summed E-state index contributed by atoms with van der Waals surface area (Å²) in [6, 6.07) is 3.25. The second-order valence-electron chi connectivity index (χ2n) is 3.57. The predicted octanol–water partition coefficient (Wildman–Crippen LogP) is 0.922. The third-order valence-electron chi connectivity index (χ3n) is 2.34. The smallest absolute Gasteiger partial charge is 0.254 e. The molecule has 0 atom stereocenters. The van der Waals surface area contributed by atoms with E-state index in [2.05, 4.69) is 14.9 Å². The fourth-order valence-electron chi connectivity index (χ4n) is 1.46. The van der Waals surface area contributed by atoms with Crippen LogP contribution in [0.3, 0.4) is 0 Å². The van der Waals surface area contributed by atoms with E-state index >= 15 is 0 Å². The summed E-state index contributed by atoms with van der Waals surface area (Å²) >= 11 is 7.08. The van der Waals surface area contributed by atoms with E-state index in [0.717, 1.165) is 11.5 Å². The Morgan fingerprint density at radius 3 is 3.11 bits per heavy atom. The summed E-state index contributed by atoms with van der Waals surface area (Å²) < 4.78 is 4.36. The van der Waals surface area contributed by atoms with Gasteiger partial charge in [0.05, 0.1) is 21.8 Å². The van der Waals surface area contributed by atoms with Gasteiger partial charge in [0.2, 0.25) is 6.41 Å². The van der Waals surface area contributed by atoms with E-state index in [9.17, 15) is 9.59 Å². The third-order valence-corrected chi connectivity index (χ3v) is 3.42. The van der Waals surface area contributed by atoms with Crippen LogP contribution < -0.4 is 5.32 Å². The van der Waals surface area contributed by atoms with Crippen LogP contribution in [0.15, 0.2) is 12.1 Å². The Morgan fingerprint density at radius 1 is 1.58 bits per heavy atom. The molecule has 2 amide bonds. The third kappa shape index (κ3) is 2.98. The van der Waals surface area contributed by atoms with Crippen molar-refractivity contribution in [1.29, 1.82) is 0 Å². The summed E-state index contributed by atoms with van der Waals surface area (Å²) in [5, 5.41) is 16.1. The number of benzene rings is 1. The lowest BCUT2D eigenvalue weighted by molar-refractivity contribution is -0.149. The highest BCUT2D eigenvalue weighted by molar-refractivity contribution is 7.13. The van der Waals surface area contributed by atoms with Crippen molar-refractivity contribution in [2.45, 2.75) is 0 Å². The summed E-state index contributed by atoms with van der Waals surface area (Å²) in [5.74, 6) is -0.402. The van der Waals surface area contributed by atoms with Crippen molar-refractivity contribution < 1.29 is 14.8 Å². The zero-order chi connectivity index (χ0) is 13.8. The molecule has 0 saturated heterocycles. The molecule has 1 aromatic carbocycles. The first-order valence-electron chi connectivity index (χ1n) is 5.23. The molecule has 0 fully saturated rings. The Kier molecular flexibility index (Phi) is 4.25. The highest BCUT2D eigenvalue weighted by Gasteiger charge is 2.16. The zero-order valence-corrected chi connectivity index (χ0v) is 11.1. The van der Waals surface area contributed by atoms with Gasteiger partial charge in [-0.15, -0.1) is 5.10 Å². The molecule has 1 aromatic heterocycles. The summed E-state index contributed by atoms with van der Waals surface area (Å²) in [5.41, 5.74) is 0.890. The van der Waals surface area contributed by atoms with Gasteiger partial charge in [-0.3, -0.25) is 14.8 Å². The molecule has 0 aliphatic carbocycles. The van der Waals surface area contributed by atoms with Crippen molar-refractivity contribution >= 4 is 45.7 Å². The fraction of sp³-hybridized carbons (Fsp3) is 0.200. The molecular formula is C10H9ClN4O3S. The normalized spacial score (nSPS) is 10.4. The summed E-state index contributed by atoms with van der Waals surface area (Å²) in [7, 11) is 0. The second-order valence-corrected chi connectivity index (χ2v) is 4.73. The van der Waals surface area contributed by atoms with Crippen LogP contribution in [0.2, 0.25) is 5.02 Å². The Hall–Kier alpha value is -1.77. The number of hydrogen-bond acceptors (Lipinski definition) is 6. The van der Waals surface area contributed by atoms with E-state index in [1.54, 1.807) is 12.1 Å². The number of carbonyl (C=O) groups excluding carboxylic acids is 2. The van der Waals surface area contributed by atoms with Gasteiger partial charge in [-0.1, -0.05) is 16.1 Å². The molecule has 0 spiro atoms. The standard InChI is InChI=1S/C10H9ClN4O3S/c11-6-1-2-7-9(19-14-13-7)8(6)10(17)12-3-4-15(18)5-16/h1-2,5,18H,3-4H2,(H,12,17). The maximum atomic E-state index is 12.0. The van der Waals surface area contributed by atoms with Gasteiger partial charge >= 0.3 is 0 Å². The van der Waals surface area contributed by atoms with E-state index in [-0.39, 0.29) is 19.5 Å². The first kappa shape index (κ1) is 13.7. The number of hydroxylamine groups is 2. The van der Waals surface area contributed by atoms with Crippen molar-refractivity contribution in [3.8, 4) is 0 Å². The van der Waals surface area contributed by atoms with Crippen LogP contribution in [0.1, 0.15) is 10.4 Å². The maximum Gasteiger partial charge on any atom is 0.254 e. The maximum absolute atomic E-state index is 12.0. The minimum atomic E-state index is -0.402. The number of amides is 2. The molecular weight excluding hydrogens is 292 g/mol. The minimum absolute atomic E-state index is 0.0101. The van der Waals surface area contributed by atoms with E-state index in [1.165, 1.54) is 0 Å². The molecule has 0 aliphatic rings. The lowest BCUT2D eigenvalue weighted by Gasteiger charge is -2.10. The number of carbonyl (C=O) groups is 2. The second kappa shape index (κ2) is 5.91. The zero-order valence-electron chi connectivity index (χ0n) is 9.54. The molecule has 0 saturated carbocycles. The molecule has 7 nitrogen and oxygen atoms in total. The van der Waals surface area contributed by atoms with Gasteiger partial charge in [0, 0.05) is 6.54 Å². The van der Waals surface area contributed by atoms with E-state index < -0.39 is 5.91 Å². The van der Waals surface area contributed by atoms with Crippen LogP contribution in [0.4, 0.5) is 0 Å². The van der Waals surface area contributed by atoms with Gasteiger partial charge < -0.3 is 5.32 Å². The van der Waals surface area contributed by atoms with Gasteiger partial charge in [0.1, 0.15) is 5.52 Å². The molecule has 2 N–H and O–H groups in total. The van der Waals surface area contributed by atoms with Gasteiger partial charge in [0.25, 0.3) is 5.91 Å². The van der Waals surface area contributed by atoms with E-state index in [1.807, 2.05) is 0 Å². The first-order chi connectivity index (χ1) is 9.13. The predicted molar refractivity (Wildman–Crippen MR) is 69.3 cm³/mol. The molecule has 100 valence electrons. The fourth-order valence-corrected chi connectivity index (χ4v) is 2.47. The topological polar surface area (TPSA) is 95.4 Å². The molecule has 9 heteroatoms. The molecule has 19 heavy (non-hydrogen) atoms. The monoisotopic (exact) mass is 300 g/mol. The quantitative estimate of drug-likeness (QED) is 0.486. The number of nitrogens with one attached hydrogen (secondary N) is 1. The summed E-state index contributed by atoms with van der Waals surface area (Å²) in [4.78, 5) is 22.2. The average Bonchev–Trinajstić information content (AvgIpc) is 2.86. The Morgan fingerprint density at radius 2 is 2.37 bits per heavy atom. The summed E-state index contributed by atoms with van der Waals surface area (Å²) in [6.45, 7) is 0.0940. The van der Waals surface area contributed by atoms with Crippen LogP contribution in [0.25, 0.3) is 10.2 Å². The van der Waals surface area contributed by atoms with Crippen LogP contribution in [0, 0.1) is 0 Å². The summed E-state index contributed by atoms with van der Waals surface area (Å²) in [6.07, 6.45) is 0.257. The number of halogens is 1. The van der Waals surface area contributed by atoms with Crippen molar-refractivity contribution in [3.63, 3.8) is 0 Å². The van der Waals surface area contributed by atoms with Crippen molar-refractivity contribution in [2.24, 2.45) is 0 Å². The van der Waals surface area contributed by atoms with Crippen molar-refractivity contribution in [1.82, 2.24) is 20.0 Å². The molecule has 0 bridgehead atoms. The van der Waals surface area contributed by atoms with E-state index in [0.29, 0.717) is 25.9 Å². The van der Waals surface area contributed by atoms with Crippen LogP contribution in [-0.4, -0.2) is 45.3 Å². The van der Waals surface area contributed by atoms with Crippen LogP contribution >= 0.6 is 23.1 Å². The molecule has 2 rings (SSSR count). The highest BCUT2D eigenvalue weighted by atomic mass is 35.5. The van der Waals surface area contributed by atoms with Gasteiger partial charge in [-0.05, 0) is 23.7 Å². The Bertz CT molecular complexity index is 618. The number of nitrogens with zero attached hydrogens (tertiary/aromatic N) is 3. The molecule has 2 aromatic rings. The van der Waals surface area contributed by atoms with Gasteiger partial charge in [-0.2, -0.15) is 0 Å². The first-order valence-corrected chi connectivity index (χ1v) is 6.38. The van der Waals surface area contributed by atoms with E-state index in [4.69, 9.17) is 16.8 Å².